The summed E-state index contributed by atoms with van der Waals surface area (Å²) in [6.45, 7) is 14.1. The topological polar surface area (TPSA) is 29.2 Å². The molecule has 0 aliphatic carbocycles. The molecule has 0 heterocycles. The summed E-state index contributed by atoms with van der Waals surface area (Å²) in [5.41, 5.74) is 19.5. The van der Waals surface area contributed by atoms with Crippen molar-refractivity contribution < 1.29 is 0 Å². The van der Waals surface area contributed by atoms with Crippen LogP contribution in [0, 0.1) is 41.5 Å². The van der Waals surface area contributed by atoms with Crippen LogP contribution < -0.4 is 59.7 Å². The zero-order valence-corrected chi connectivity index (χ0v) is 38.5. The van der Waals surface area contributed by atoms with Crippen molar-refractivity contribution in [3.8, 4) is 0 Å². The van der Waals surface area contributed by atoms with Gasteiger partial charge in [0.1, 0.15) is 0 Å². The van der Waals surface area contributed by atoms with Gasteiger partial charge in [0.25, 0.3) is 0 Å². The van der Waals surface area contributed by atoms with Crippen LogP contribution in [-0.4, -0.2) is 136 Å². The van der Waals surface area contributed by atoms with Crippen LogP contribution >= 0.6 is 0 Å². The van der Waals surface area contributed by atoms with E-state index in [-0.39, 0.29) is 0 Å². The highest BCUT2D eigenvalue weighted by Crippen LogP contribution is 2.44. The van der Waals surface area contributed by atoms with E-state index < -0.39 is 8.80 Å². The predicted molar refractivity (Wildman–Crippen MR) is 241 cm³/mol. The minimum atomic E-state index is -1.81. The molecule has 9 nitrogen and oxygen atoms in total. The maximum Gasteiger partial charge on any atom is 0.164 e. The van der Waals surface area contributed by atoms with E-state index in [9.17, 15) is 0 Å². The van der Waals surface area contributed by atoms with Crippen molar-refractivity contribution in [2.45, 2.75) is 41.5 Å². The molecule has 0 atom stereocenters. The molecular formula is C42H72N9Si. The second-order valence-electron chi connectivity index (χ2n) is 16.4. The Bertz CT molecular complexity index is 1590. The lowest BCUT2D eigenvalue weighted by atomic mass is 10.0. The van der Waals surface area contributed by atoms with Gasteiger partial charge in [-0.15, -0.1) is 0 Å². The van der Waals surface area contributed by atoms with Gasteiger partial charge in [-0.05, 0) is 90.5 Å². The van der Waals surface area contributed by atoms with Crippen LogP contribution in [0.25, 0.3) is 0 Å². The molecule has 0 unspecified atom stereocenters. The summed E-state index contributed by atoms with van der Waals surface area (Å²) in [5.74, 6) is 0. The first-order chi connectivity index (χ1) is 23.9. The number of hydrogen-bond acceptors (Lipinski definition) is 9. The Balaban J connectivity index is 3.07. The molecule has 10 heteroatoms. The fourth-order valence-corrected chi connectivity index (χ4v) is 13.3. The molecule has 0 N–H and O–H groups in total. The normalized spacial score (nSPS) is 11.2. The summed E-state index contributed by atoms with van der Waals surface area (Å²) >= 11 is 0. The van der Waals surface area contributed by atoms with E-state index in [1.54, 1.807) is 0 Å². The number of benzene rings is 3. The van der Waals surface area contributed by atoms with Crippen LogP contribution in [0.5, 0.6) is 0 Å². The number of hydrogen-bond donors (Lipinski definition) is 0. The van der Waals surface area contributed by atoms with Crippen molar-refractivity contribution in [2.24, 2.45) is 0 Å². The average Bonchev–Trinajstić information content (AvgIpc) is 2.98. The minimum absolute atomic E-state index is 1.27. The van der Waals surface area contributed by atoms with Crippen molar-refractivity contribution in [2.75, 3.05) is 171 Å². The molecule has 0 aromatic heterocycles. The van der Waals surface area contributed by atoms with Gasteiger partial charge in [-0.25, -0.2) is 0 Å². The van der Waals surface area contributed by atoms with E-state index in [0.717, 1.165) is 0 Å². The fourth-order valence-electron chi connectivity index (χ4n) is 9.11. The molecular weight excluding hydrogens is 659 g/mol. The highest BCUT2D eigenvalue weighted by Gasteiger charge is 2.40. The highest BCUT2D eigenvalue weighted by molar-refractivity contribution is 6.99. The van der Waals surface area contributed by atoms with Crippen LogP contribution in [0.15, 0.2) is 0 Å². The smallest absolute Gasteiger partial charge is 0.164 e. The summed E-state index contributed by atoms with van der Waals surface area (Å²) in [7, 11) is 37.9. The third-order valence-corrected chi connectivity index (χ3v) is 13.8. The van der Waals surface area contributed by atoms with Gasteiger partial charge >= 0.3 is 0 Å². The summed E-state index contributed by atoms with van der Waals surface area (Å²) in [6, 6.07) is 0. The van der Waals surface area contributed by atoms with Crippen LogP contribution in [0.3, 0.4) is 0 Å². The van der Waals surface area contributed by atoms with E-state index in [1.165, 1.54) is 100 Å². The first kappa shape index (κ1) is 42.5. The summed E-state index contributed by atoms with van der Waals surface area (Å²) < 4.78 is 0. The van der Waals surface area contributed by atoms with E-state index >= 15 is 0 Å². The van der Waals surface area contributed by atoms with Gasteiger partial charge in [0.2, 0.25) is 0 Å². The standard InChI is InChI=1S/C42H72N9Si/c1-25-31(43(7)8)34(46(13)14)28(4)40(37(25)49(19)20)52(41-29(5)35(47(15)16)32(44(9)10)26(2)38(41)50(21)22)42-30(6)36(48(17)18)33(45(11)12)27(3)39(42)51(23)24/h1-24H3. The summed E-state index contributed by atoms with van der Waals surface area (Å²) in [6.07, 6.45) is 0. The molecule has 3 aromatic rings. The van der Waals surface area contributed by atoms with Gasteiger partial charge in [-0.2, -0.15) is 0 Å². The third kappa shape index (κ3) is 6.95. The van der Waals surface area contributed by atoms with Gasteiger partial charge in [0.15, 0.2) is 8.80 Å². The Labute approximate surface area is 320 Å². The van der Waals surface area contributed by atoms with Crippen molar-refractivity contribution in [3.05, 3.63) is 33.4 Å². The second-order valence-corrected chi connectivity index (χ2v) is 18.7. The van der Waals surface area contributed by atoms with E-state index in [0.29, 0.717) is 0 Å². The maximum absolute atomic E-state index is 2.38. The second kappa shape index (κ2) is 15.6. The lowest BCUT2D eigenvalue weighted by molar-refractivity contribution is 1.04. The van der Waals surface area contributed by atoms with Gasteiger partial charge in [-0.3, -0.25) is 0 Å². The Morgan fingerprint density at radius 3 is 0.481 bits per heavy atom. The zero-order chi connectivity index (χ0) is 40.2. The molecule has 0 spiro atoms. The third-order valence-electron chi connectivity index (χ3n) is 10.5. The quantitative estimate of drug-likeness (QED) is 0.195. The van der Waals surface area contributed by atoms with Gasteiger partial charge < -0.3 is 44.1 Å². The molecule has 0 aliphatic rings. The number of nitrogens with zero attached hydrogens (tertiary/aromatic N) is 9. The van der Waals surface area contributed by atoms with Crippen molar-refractivity contribution in [1.82, 2.24) is 0 Å². The first-order valence-corrected chi connectivity index (χ1v) is 19.8. The van der Waals surface area contributed by atoms with E-state index in [4.69, 9.17) is 0 Å². The van der Waals surface area contributed by atoms with Crippen LogP contribution in [-0.2, 0) is 0 Å². The van der Waals surface area contributed by atoms with Crippen LogP contribution in [0.4, 0.5) is 51.2 Å². The Morgan fingerprint density at radius 2 is 0.346 bits per heavy atom. The molecule has 0 bridgehead atoms. The maximum atomic E-state index is 2.38. The van der Waals surface area contributed by atoms with Gasteiger partial charge in [-0.1, -0.05) is 0 Å². The number of anilines is 9. The van der Waals surface area contributed by atoms with Gasteiger partial charge in [0.05, 0.1) is 34.1 Å². The molecule has 0 fully saturated rings. The monoisotopic (exact) mass is 731 g/mol. The molecule has 1 radical (unpaired) electrons. The Hall–Kier alpha value is -3.92. The van der Waals surface area contributed by atoms with E-state index in [2.05, 4.69) is 212 Å². The minimum Gasteiger partial charge on any atom is -0.377 e. The first-order valence-electron chi connectivity index (χ1n) is 18.3. The average molecular weight is 731 g/mol. The van der Waals surface area contributed by atoms with Crippen molar-refractivity contribution in [1.29, 1.82) is 0 Å². The molecule has 3 rings (SSSR count). The van der Waals surface area contributed by atoms with Crippen molar-refractivity contribution >= 4 is 75.5 Å². The Morgan fingerprint density at radius 1 is 0.212 bits per heavy atom. The van der Waals surface area contributed by atoms with Crippen LogP contribution in [0.1, 0.15) is 33.4 Å². The molecule has 3 aromatic carbocycles. The summed E-state index contributed by atoms with van der Waals surface area (Å²) in [4.78, 5) is 21.0. The molecule has 52 heavy (non-hydrogen) atoms. The Kier molecular flexibility index (Phi) is 12.7. The lowest BCUT2D eigenvalue weighted by Gasteiger charge is -2.40. The SMILES string of the molecule is Cc1c(N(C)C)c(N(C)C)c(C)c([Si](c2c(C)c(N(C)C)c(N(C)C)c(C)c2N(C)C)c2c(C)c(N(C)C)c(N(C)C)c(C)c2N(C)C)c1N(C)C. The molecule has 0 saturated carbocycles. The lowest BCUT2D eigenvalue weighted by Crippen LogP contribution is -2.59. The molecule has 0 amide bonds. The molecule has 0 saturated heterocycles. The highest BCUT2D eigenvalue weighted by atomic mass is 28.3. The van der Waals surface area contributed by atoms with E-state index in [1.807, 2.05) is 0 Å². The van der Waals surface area contributed by atoms with Crippen molar-refractivity contribution in [3.63, 3.8) is 0 Å². The van der Waals surface area contributed by atoms with Gasteiger partial charge in [0, 0.05) is 144 Å². The largest absolute Gasteiger partial charge is 0.377 e. The number of rotatable bonds is 12. The predicted octanol–water partition coefficient (Wildman–Crippen LogP) is 4.65. The van der Waals surface area contributed by atoms with Crippen LogP contribution in [0.2, 0.25) is 0 Å². The molecule has 289 valence electrons. The summed E-state index contributed by atoms with van der Waals surface area (Å²) in [5, 5.41) is 4.34. The molecule has 0 aliphatic heterocycles. The zero-order valence-electron chi connectivity index (χ0n) is 37.5. The fraction of sp³-hybridized carbons (Fsp3) is 0.571.